The zero-order chi connectivity index (χ0) is 108. The van der Waals surface area contributed by atoms with Gasteiger partial charge >= 0.3 is 32.7 Å². The third-order valence-electron chi connectivity index (χ3n) is 25.8. The molecule has 0 bridgehead atoms. The minimum atomic E-state index is -6.12. The number of benzene rings is 20. The second-order valence-corrected chi connectivity index (χ2v) is 49.9. The zero-order valence-electron chi connectivity index (χ0n) is 80.6. The van der Waals surface area contributed by atoms with E-state index < -0.39 is 173 Å². The molecule has 0 fully saturated rings. The molecule has 0 aliphatic rings. The van der Waals surface area contributed by atoms with E-state index >= 15 is 0 Å². The van der Waals surface area contributed by atoms with Gasteiger partial charge in [0, 0.05) is 172 Å². The minimum absolute atomic E-state index is 0. The number of halogens is 8. The van der Waals surface area contributed by atoms with Crippen molar-refractivity contribution in [1.29, 1.82) is 0 Å². The molecule has 28 nitrogen and oxygen atoms in total. The molecule has 3 N–H and O–H groups in total. The maximum absolute atomic E-state index is 13.7. The normalized spacial score (nSPS) is 12.3. The lowest BCUT2D eigenvalue weighted by molar-refractivity contribution is -0.268. The summed E-state index contributed by atoms with van der Waals surface area (Å²) in [6.45, 7) is 29.2. The lowest BCUT2D eigenvalue weighted by Crippen LogP contribution is -2.43. The average Bonchev–Trinajstić information content (AvgIpc) is 0.735. The van der Waals surface area contributed by atoms with Gasteiger partial charge in [-0.1, -0.05) is 87.4 Å². The van der Waals surface area contributed by atoms with Crippen molar-refractivity contribution in [2.45, 2.75) is 117 Å². The molecular formula is C107H80Cl2F6O28S2Si2. The summed E-state index contributed by atoms with van der Waals surface area (Å²) in [6, 6.07) is 38.9. The Kier molecular flexibility index (Phi) is 28.1. The molecule has 20 aromatic rings. The molecule has 752 valence electrons. The molecule has 0 heterocycles. The van der Waals surface area contributed by atoms with Crippen molar-refractivity contribution in [2.75, 3.05) is 5.34 Å². The number of alkyl halides is 8. The first-order valence-corrected chi connectivity index (χ1v) is 54.2. The van der Waals surface area contributed by atoms with Gasteiger partial charge in [0.15, 0.2) is 86.9 Å². The van der Waals surface area contributed by atoms with Crippen molar-refractivity contribution in [3.8, 4) is 46.0 Å². The number of fused-ring (bicyclic) bond motifs is 16. The fraction of sp³-hybridized carbons (Fsp3) is 0.178. The Morgan fingerprint density at radius 1 is 0.252 bits per heavy atom. The lowest BCUT2D eigenvalue weighted by atomic mass is 9.96. The quantitative estimate of drug-likeness (QED) is 0.0317. The topological polar surface area (TPSA) is 462 Å². The maximum Gasteiger partial charge on any atom is 1.00 e. The van der Waals surface area contributed by atoms with E-state index in [-0.39, 0.29) is 185 Å². The zero-order valence-corrected chi connectivity index (χ0v) is 84.7. The molecule has 20 aromatic carbocycles. The van der Waals surface area contributed by atoms with E-state index in [0.717, 1.165) is 30.3 Å². The predicted molar refractivity (Wildman–Crippen MR) is 567 cm³/mol. The van der Waals surface area contributed by atoms with Crippen LogP contribution in [0.15, 0.2) is 271 Å². The lowest BCUT2D eigenvalue weighted by Gasteiger charge is -2.36. The monoisotopic (exact) mass is 2120 g/mol. The Hall–Kier alpha value is -15.7. The summed E-state index contributed by atoms with van der Waals surface area (Å²) < 4.78 is 142. The van der Waals surface area contributed by atoms with Crippen LogP contribution in [0.4, 0.5) is 26.3 Å². The van der Waals surface area contributed by atoms with Gasteiger partial charge in [0.2, 0.25) is 16.6 Å². The van der Waals surface area contributed by atoms with E-state index in [1.165, 1.54) is 103 Å². The van der Waals surface area contributed by atoms with Crippen molar-refractivity contribution >= 4 is 232 Å². The molecule has 20 rings (SSSR count). The van der Waals surface area contributed by atoms with Gasteiger partial charge < -0.3 is 37.6 Å². The number of hydrogen-bond donors (Lipinski definition) is 3. The molecule has 0 atom stereocenters. The van der Waals surface area contributed by atoms with Crippen LogP contribution >= 0.6 is 23.2 Å². The van der Waals surface area contributed by atoms with Crippen molar-refractivity contribution < 1.29 is 82.2 Å². The van der Waals surface area contributed by atoms with E-state index in [9.17, 15) is 140 Å². The van der Waals surface area contributed by atoms with Crippen LogP contribution in [0.2, 0.25) is 36.3 Å². The van der Waals surface area contributed by atoms with Gasteiger partial charge in [-0.2, -0.15) is 43.2 Å². The molecular weight excluding hydrogens is 2040 g/mol. The SMILES string of the molecule is CC.CC.CC(C)(C)[Si](C)(C)Oc1ccc2c(=O)c3cc4c(=O)c5cc(O[Si](C)(C)C(C)(C)C)ccc5c(=O)c4cc3c(=O)c2c1.ClCCl.O=c1c2ccc(O)cc2c(=O)c2cc3c(=O)c4ccc(O)cc4c(=O)c3cc12.O=c1c2ccc(OS(=O)(=O)C(F)(F)F)cc2c(=O)c2cc3c(=O)c4ccc(OS(=O)(=O)C(F)(F)F)cc4c(=O)c3cc12.O=c1c2ccc([O-])cc2c(=O)c2cc3c(=O)c4ccc(O)cc4c(=O)c3cc12.[H+]. The van der Waals surface area contributed by atoms with Gasteiger partial charge in [-0.3, -0.25) is 76.7 Å². The fourth-order valence-corrected chi connectivity index (χ4v) is 19.4. The molecule has 40 heteroatoms. The van der Waals surface area contributed by atoms with Crippen LogP contribution in [0.1, 0.15) is 70.7 Å². The molecule has 0 unspecified atom stereocenters. The highest BCUT2D eigenvalue weighted by Gasteiger charge is 2.50. The first kappa shape index (κ1) is 107. The van der Waals surface area contributed by atoms with Crippen LogP contribution in [0, 0.1) is 0 Å². The second kappa shape index (κ2) is 38.7. The van der Waals surface area contributed by atoms with Gasteiger partial charge in [-0.15, -0.1) is 29.0 Å². The van der Waals surface area contributed by atoms with Crippen LogP contribution in [0.5, 0.6) is 46.0 Å². The molecule has 147 heavy (non-hydrogen) atoms. The summed E-state index contributed by atoms with van der Waals surface area (Å²) in [7, 11) is -16.6. The summed E-state index contributed by atoms with van der Waals surface area (Å²) >= 11 is 9.53. The maximum atomic E-state index is 13.7. The van der Waals surface area contributed by atoms with Gasteiger partial charge in [0.25, 0.3) is 0 Å². The Morgan fingerprint density at radius 3 is 0.578 bits per heavy atom. The number of hydrogen-bond acceptors (Lipinski definition) is 28. The predicted octanol–water partition coefficient (Wildman–Crippen LogP) is 17.5. The molecule has 0 aliphatic heterocycles. The van der Waals surface area contributed by atoms with Crippen molar-refractivity contribution in [2.24, 2.45) is 0 Å². The third kappa shape index (κ3) is 18.9. The average molecular weight is 2120 g/mol. The summed E-state index contributed by atoms with van der Waals surface area (Å²) in [5.74, 6) is -1.67. The van der Waals surface area contributed by atoms with Crippen molar-refractivity contribution in [3.05, 3.63) is 358 Å². The number of phenols is 3. The largest absolute Gasteiger partial charge is 1.00 e. The van der Waals surface area contributed by atoms with Crippen molar-refractivity contribution in [1.82, 2.24) is 0 Å². The summed E-state index contributed by atoms with van der Waals surface area (Å²) in [5.41, 5.74) is -21.0. The highest BCUT2D eigenvalue weighted by Crippen LogP contribution is 2.41. The molecule has 0 spiro atoms. The van der Waals surface area contributed by atoms with Crippen LogP contribution in [-0.4, -0.2) is 65.1 Å². The first-order valence-electron chi connectivity index (χ1n) is 44.5. The smallest absolute Gasteiger partial charge is 0.872 e. The summed E-state index contributed by atoms with van der Waals surface area (Å²) in [4.78, 5) is 210. The van der Waals surface area contributed by atoms with Crippen LogP contribution in [-0.2, 0) is 20.2 Å². The Labute approximate surface area is 834 Å². The van der Waals surface area contributed by atoms with E-state index in [2.05, 4.69) is 76.1 Å². The van der Waals surface area contributed by atoms with Crippen LogP contribution in [0.3, 0.4) is 0 Å². The Morgan fingerprint density at radius 2 is 0.395 bits per heavy atom. The molecule has 0 aliphatic carbocycles. The van der Waals surface area contributed by atoms with Gasteiger partial charge in [-0.25, -0.2) is 0 Å². The van der Waals surface area contributed by atoms with E-state index in [4.69, 9.17) is 32.1 Å². The highest BCUT2D eigenvalue weighted by atomic mass is 35.5. The van der Waals surface area contributed by atoms with E-state index in [1.807, 2.05) is 27.7 Å². The number of rotatable bonds is 8. The third-order valence-corrected chi connectivity index (χ3v) is 36.4. The van der Waals surface area contributed by atoms with Gasteiger partial charge in [0.05, 0.1) is 5.34 Å². The molecule has 0 saturated carbocycles. The number of aromatic hydroxyl groups is 3. The highest BCUT2D eigenvalue weighted by molar-refractivity contribution is 7.88. The summed E-state index contributed by atoms with van der Waals surface area (Å²) in [6.07, 6.45) is 0. The number of phenolic OH excluding ortho intramolecular Hbond substituents is 3. The van der Waals surface area contributed by atoms with Crippen LogP contribution < -0.4 is 109 Å². The second-order valence-electron chi connectivity index (χ2n) is 36.6. The van der Waals surface area contributed by atoms with E-state index in [0.29, 0.717) is 35.8 Å². The first-order chi connectivity index (χ1) is 68.6. The Bertz CT molecular complexity index is 9550. The standard InChI is InChI=1S/C34H38O6Si2.C24H8F6O10S2.2C22H10O6.2C2H6.CH2Cl2/c1-33(2,3)41(7,8)39-19-11-13-21-23(15-19)31(37)27-17-26-28(18-25(27)29(21)35)32(38)24-16-20(12-14-22(24)30(26)36)40-42(9,10)34(4,5)6;25-23(26,27)41(35,36)39-9-1-3-11-13(5-9)21(33)17-8-16-18(7-15(17)19(11)31)22(34)14-6-10(2-4-12(14)20(16)32)40-42(37,38)24(28,29)30;2*23-9-1-3-11-13(5-9)21(27)17-8-16-18(7-15(17)19(11)25)22(28)14-6-10(24)2-4-12(14)20(16)26;2*1-2;2-1-3/h11-18H,1-10H3;1-8H;2*1-8,23-24H;2*1-2H3;1H2. The molecule has 0 amide bonds. The minimum Gasteiger partial charge on any atom is -0.872 e. The van der Waals surface area contributed by atoms with Crippen molar-refractivity contribution in [3.63, 3.8) is 0 Å². The Balaban J connectivity index is 0.000000163. The molecule has 0 saturated heterocycles. The van der Waals surface area contributed by atoms with Gasteiger partial charge in [0.1, 0.15) is 40.2 Å². The molecule has 0 radical (unpaired) electrons. The molecule has 0 aromatic heterocycles. The van der Waals surface area contributed by atoms with Gasteiger partial charge in [-0.05, 0) is 212 Å². The van der Waals surface area contributed by atoms with Crippen LogP contribution in [0.25, 0.3) is 172 Å². The fourth-order valence-electron chi connectivity index (χ4n) is 16.5. The van der Waals surface area contributed by atoms with E-state index in [1.54, 1.807) is 36.4 Å². The summed E-state index contributed by atoms with van der Waals surface area (Å²) in [5, 5.41) is 39.2.